The lowest BCUT2D eigenvalue weighted by Crippen LogP contribution is -2.24. The third-order valence-electron chi connectivity index (χ3n) is 1.97. The van der Waals surface area contributed by atoms with Gasteiger partial charge in [-0.2, -0.15) is 0 Å². The third-order valence-corrected chi connectivity index (χ3v) is 1.97. The molecule has 0 atom stereocenters. The minimum absolute atomic E-state index is 0.0575. The monoisotopic (exact) mass is 193 g/mol. The molecule has 0 aromatic heterocycles. The summed E-state index contributed by atoms with van der Waals surface area (Å²) in [5.41, 5.74) is 4.83. The van der Waals surface area contributed by atoms with E-state index in [1.54, 1.807) is 20.2 Å². The molecular formula is C10H15N3O. The van der Waals surface area contributed by atoms with Crippen molar-refractivity contribution in [2.75, 3.05) is 19.5 Å². The molecule has 0 bridgehead atoms. The van der Waals surface area contributed by atoms with E-state index in [0.717, 1.165) is 5.56 Å². The van der Waals surface area contributed by atoms with Crippen molar-refractivity contribution in [1.29, 1.82) is 0 Å². The van der Waals surface area contributed by atoms with Crippen LogP contribution in [0.5, 0.6) is 0 Å². The molecule has 76 valence electrons. The van der Waals surface area contributed by atoms with Gasteiger partial charge in [-0.25, -0.2) is 0 Å². The molecule has 0 fully saturated rings. The number of amides is 1. The number of nitrogen functional groups attached to an aromatic ring is 1. The maximum Gasteiger partial charge on any atom is 0.255 e. The van der Waals surface area contributed by atoms with Crippen molar-refractivity contribution in [2.24, 2.45) is 5.84 Å². The minimum atomic E-state index is -0.0575. The standard InChI is InChI=1S/C10H15N3O/c1-7-4-5-8(9(6-7)12-11)10(14)13(2)3/h4-6,12H,11H2,1-3H3. The van der Waals surface area contributed by atoms with E-state index in [1.807, 2.05) is 19.1 Å². The summed E-state index contributed by atoms with van der Waals surface area (Å²) in [6.07, 6.45) is 0. The number of nitrogens with two attached hydrogens (primary N) is 1. The summed E-state index contributed by atoms with van der Waals surface area (Å²) in [7, 11) is 3.42. The van der Waals surface area contributed by atoms with E-state index in [1.165, 1.54) is 4.90 Å². The second-order valence-corrected chi connectivity index (χ2v) is 3.39. The fraction of sp³-hybridized carbons (Fsp3) is 0.300. The molecule has 0 aliphatic rings. The molecule has 1 aromatic carbocycles. The largest absolute Gasteiger partial charge is 0.345 e. The first kappa shape index (κ1) is 10.5. The number of nitrogens with one attached hydrogen (secondary N) is 1. The lowest BCUT2D eigenvalue weighted by Gasteiger charge is -2.14. The molecule has 0 radical (unpaired) electrons. The Bertz CT molecular complexity index is 347. The van der Waals surface area contributed by atoms with E-state index in [2.05, 4.69) is 5.43 Å². The van der Waals surface area contributed by atoms with Crippen LogP contribution in [0.1, 0.15) is 15.9 Å². The zero-order chi connectivity index (χ0) is 10.7. The van der Waals surface area contributed by atoms with Gasteiger partial charge in [-0.05, 0) is 24.6 Å². The number of nitrogens with zero attached hydrogens (tertiary/aromatic N) is 1. The number of rotatable bonds is 2. The van der Waals surface area contributed by atoms with Crippen molar-refractivity contribution in [3.05, 3.63) is 29.3 Å². The fourth-order valence-electron chi connectivity index (χ4n) is 1.20. The van der Waals surface area contributed by atoms with Crippen LogP contribution in [0.3, 0.4) is 0 Å². The van der Waals surface area contributed by atoms with Gasteiger partial charge in [-0.3, -0.25) is 10.6 Å². The van der Waals surface area contributed by atoms with Gasteiger partial charge >= 0.3 is 0 Å². The van der Waals surface area contributed by atoms with Crippen molar-refractivity contribution >= 4 is 11.6 Å². The van der Waals surface area contributed by atoms with Crippen LogP contribution in [0.15, 0.2) is 18.2 Å². The van der Waals surface area contributed by atoms with E-state index in [-0.39, 0.29) is 5.91 Å². The van der Waals surface area contributed by atoms with Crippen LogP contribution < -0.4 is 11.3 Å². The Morgan fingerprint density at radius 3 is 2.57 bits per heavy atom. The number of carbonyl (C=O) groups excluding carboxylic acids is 1. The van der Waals surface area contributed by atoms with Crippen LogP contribution in [-0.4, -0.2) is 24.9 Å². The molecule has 0 heterocycles. The average molecular weight is 193 g/mol. The predicted molar refractivity (Wildman–Crippen MR) is 57.0 cm³/mol. The topological polar surface area (TPSA) is 58.4 Å². The van der Waals surface area contributed by atoms with Crippen molar-refractivity contribution in [2.45, 2.75) is 6.92 Å². The lowest BCUT2D eigenvalue weighted by atomic mass is 10.1. The van der Waals surface area contributed by atoms with Gasteiger partial charge in [-0.1, -0.05) is 6.07 Å². The van der Waals surface area contributed by atoms with E-state index in [4.69, 9.17) is 5.84 Å². The van der Waals surface area contributed by atoms with Gasteiger partial charge in [0.2, 0.25) is 0 Å². The maximum absolute atomic E-state index is 11.7. The van der Waals surface area contributed by atoms with Gasteiger partial charge in [0.25, 0.3) is 5.91 Å². The van der Waals surface area contributed by atoms with Crippen LogP contribution in [0.25, 0.3) is 0 Å². The smallest absolute Gasteiger partial charge is 0.255 e. The van der Waals surface area contributed by atoms with E-state index in [0.29, 0.717) is 11.3 Å². The molecule has 3 N–H and O–H groups in total. The molecule has 0 saturated heterocycles. The van der Waals surface area contributed by atoms with Gasteiger partial charge in [0.1, 0.15) is 0 Å². The van der Waals surface area contributed by atoms with Gasteiger partial charge in [0.05, 0.1) is 11.3 Å². The van der Waals surface area contributed by atoms with E-state index in [9.17, 15) is 4.79 Å². The number of carbonyl (C=O) groups is 1. The number of hydrogen-bond donors (Lipinski definition) is 2. The normalized spacial score (nSPS) is 9.71. The molecule has 1 rings (SSSR count). The summed E-state index contributed by atoms with van der Waals surface area (Å²) in [5.74, 6) is 5.28. The first-order valence-electron chi connectivity index (χ1n) is 4.35. The Morgan fingerprint density at radius 1 is 1.43 bits per heavy atom. The summed E-state index contributed by atoms with van der Waals surface area (Å²) in [4.78, 5) is 13.2. The molecule has 1 amide bonds. The minimum Gasteiger partial charge on any atom is -0.345 e. The van der Waals surface area contributed by atoms with Gasteiger partial charge < -0.3 is 10.3 Å². The highest BCUT2D eigenvalue weighted by atomic mass is 16.2. The maximum atomic E-state index is 11.7. The molecular weight excluding hydrogens is 178 g/mol. The summed E-state index contributed by atoms with van der Waals surface area (Å²) in [6, 6.07) is 5.50. The molecule has 0 aliphatic heterocycles. The van der Waals surface area contributed by atoms with Crippen molar-refractivity contribution in [1.82, 2.24) is 4.90 Å². The molecule has 0 aliphatic carbocycles. The van der Waals surface area contributed by atoms with Crippen LogP contribution in [0.2, 0.25) is 0 Å². The Balaban J connectivity index is 3.14. The molecule has 0 spiro atoms. The number of anilines is 1. The second kappa shape index (κ2) is 4.11. The molecule has 4 heteroatoms. The first-order chi connectivity index (χ1) is 6.56. The van der Waals surface area contributed by atoms with Crippen molar-refractivity contribution < 1.29 is 4.79 Å². The highest BCUT2D eigenvalue weighted by Gasteiger charge is 2.12. The van der Waals surface area contributed by atoms with Crippen LogP contribution in [0.4, 0.5) is 5.69 Å². The molecule has 0 unspecified atom stereocenters. The summed E-state index contributed by atoms with van der Waals surface area (Å²) in [5, 5.41) is 0. The Morgan fingerprint density at radius 2 is 2.07 bits per heavy atom. The second-order valence-electron chi connectivity index (χ2n) is 3.39. The first-order valence-corrected chi connectivity index (χ1v) is 4.35. The van der Waals surface area contributed by atoms with Crippen LogP contribution >= 0.6 is 0 Å². The van der Waals surface area contributed by atoms with E-state index >= 15 is 0 Å². The van der Waals surface area contributed by atoms with Gasteiger partial charge in [-0.15, -0.1) is 0 Å². The molecule has 1 aromatic rings. The SMILES string of the molecule is Cc1ccc(C(=O)N(C)C)c(NN)c1. The number of hydrazine groups is 1. The Hall–Kier alpha value is -1.55. The molecule has 14 heavy (non-hydrogen) atoms. The third kappa shape index (κ3) is 2.03. The lowest BCUT2D eigenvalue weighted by molar-refractivity contribution is 0.0828. The van der Waals surface area contributed by atoms with Gasteiger partial charge in [0, 0.05) is 14.1 Å². The Kier molecular flexibility index (Phi) is 3.09. The number of hydrogen-bond acceptors (Lipinski definition) is 3. The molecule has 0 saturated carbocycles. The summed E-state index contributed by atoms with van der Waals surface area (Å²) < 4.78 is 0. The predicted octanol–water partition coefficient (Wildman–Crippen LogP) is 0.982. The van der Waals surface area contributed by atoms with Gasteiger partial charge in [0.15, 0.2) is 0 Å². The fourth-order valence-corrected chi connectivity index (χ4v) is 1.20. The Labute approximate surface area is 83.7 Å². The van der Waals surface area contributed by atoms with Crippen LogP contribution in [0, 0.1) is 6.92 Å². The highest BCUT2D eigenvalue weighted by molar-refractivity contribution is 5.99. The number of aryl methyl sites for hydroxylation is 1. The number of benzene rings is 1. The van der Waals surface area contributed by atoms with Crippen molar-refractivity contribution in [3.8, 4) is 0 Å². The zero-order valence-electron chi connectivity index (χ0n) is 8.66. The average Bonchev–Trinajstić information content (AvgIpc) is 2.16. The zero-order valence-corrected chi connectivity index (χ0v) is 8.66. The highest BCUT2D eigenvalue weighted by Crippen LogP contribution is 2.17. The summed E-state index contributed by atoms with van der Waals surface area (Å²) in [6.45, 7) is 1.95. The van der Waals surface area contributed by atoms with Crippen LogP contribution in [-0.2, 0) is 0 Å². The summed E-state index contributed by atoms with van der Waals surface area (Å²) >= 11 is 0. The van der Waals surface area contributed by atoms with Crippen molar-refractivity contribution in [3.63, 3.8) is 0 Å². The molecule has 4 nitrogen and oxygen atoms in total. The van der Waals surface area contributed by atoms with E-state index < -0.39 is 0 Å². The quantitative estimate of drug-likeness (QED) is 0.544.